The maximum Gasteiger partial charge on any atom is 0.119 e. The Morgan fingerprint density at radius 1 is 0.968 bits per heavy atom. The number of carbonyl (C=O) groups is 1. The highest BCUT2D eigenvalue weighted by atomic mass is 16.1. The molecular weight excluding hydrogens is 380 g/mol. The molecule has 2 unspecified atom stereocenters. The normalized spacial score (nSPS) is 22.2. The minimum atomic E-state index is 0.518. The van der Waals surface area contributed by atoms with Crippen molar-refractivity contribution in [3.63, 3.8) is 0 Å². The average molecular weight is 421 g/mol. The predicted octanol–water partition coefficient (Wildman–Crippen LogP) is 6.21. The van der Waals surface area contributed by atoms with E-state index in [1.165, 1.54) is 50.6 Å². The van der Waals surface area contributed by atoms with Gasteiger partial charge >= 0.3 is 0 Å². The first-order chi connectivity index (χ1) is 15.1. The summed E-state index contributed by atoms with van der Waals surface area (Å²) in [5.74, 6) is 0.788. The zero-order valence-corrected chi connectivity index (χ0v) is 19.7. The van der Waals surface area contributed by atoms with Crippen LogP contribution < -0.4 is 0 Å². The molecule has 0 amide bonds. The van der Waals surface area contributed by atoms with Crippen molar-refractivity contribution in [2.45, 2.75) is 76.4 Å². The molecule has 0 radical (unpaired) electrons. The summed E-state index contributed by atoms with van der Waals surface area (Å²) in [4.78, 5) is 14.3. The minimum absolute atomic E-state index is 0.518. The van der Waals surface area contributed by atoms with Crippen LogP contribution in [0, 0.1) is 0 Å². The van der Waals surface area contributed by atoms with Gasteiger partial charge in [-0.3, -0.25) is 4.90 Å². The Morgan fingerprint density at radius 3 is 2.26 bits per heavy atom. The second-order valence-corrected chi connectivity index (χ2v) is 9.29. The molecule has 1 aliphatic heterocycles. The minimum Gasteiger partial charge on any atom is -0.306 e. The topological polar surface area (TPSA) is 23.6 Å². The van der Waals surface area contributed by atoms with Gasteiger partial charge in [0.25, 0.3) is 0 Å². The largest absolute Gasteiger partial charge is 0.306 e. The molecule has 2 aromatic rings. The van der Waals surface area contributed by atoms with Gasteiger partial charge in [-0.2, -0.15) is 0 Å². The smallest absolute Gasteiger partial charge is 0.119 e. The van der Waals surface area contributed by atoms with Gasteiger partial charge in [0.05, 0.1) is 0 Å². The molecule has 0 aromatic heterocycles. The Balaban J connectivity index is 0.000000628. The Bertz CT molecular complexity index is 783. The van der Waals surface area contributed by atoms with E-state index in [0.717, 1.165) is 18.7 Å². The van der Waals surface area contributed by atoms with Gasteiger partial charge in [0.1, 0.15) is 6.29 Å². The number of nitrogens with zero attached hydrogens (tertiary/aromatic N) is 2. The Kier molecular flexibility index (Phi) is 9.30. The van der Waals surface area contributed by atoms with E-state index < -0.39 is 0 Å². The Labute approximate surface area is 189 Å². The molecule has 0 spiro atoms. The Hall–Kier alpha value is -1.97. The maximum absolute atomic E-state index is 9.17. The Morgan fingerprint density at radius 2 is 1.61 bits per heavy atom. The lowest BCUT2D eigenvalue weighted by Crippen LogP contribution is -2.43. The zero-order chi connectivity index (χ0) is 22.1. The molecule has 31 heavy (non-hydrogen) atoms. The molecule has 168 valence electrons. The third kappa shape index (κ3) is 6.51. The average Bonchev–Trinajstić information content (AvgIpc) is 3.35. The van der Waals surface area contributed by atoms with Crippen molar-refractivity contribution in [2.75, 3.05) is 20.6 Å². The van der Waals surface area contributed by atoms with Crippen molar-refractivity contribution in [2.24, 2.45) is 0 Å². The van der Waals surface area contributed by atoms with Crippen molar-refractivity contribution in [3.8, 4) is 0 Å². The van der Waals surface area contributed by atoms with Gasteiger partial charge in [0.15, 0.2) is 0 Å². The number of rotatable bonds is 6. The molecule has 2 aromatic carbocycles. The fraction of sp³-hybridized carbons (Fsp3) is 0.536. The van der Waals surface area contributed by atoms with Crippen molar-refractivity contribution in [1.29, 1.82) is 0 Å². The molecule has 1 aliphatic carbocycles. The van der Waals surface area contributed by atoms with Crippen LogP contribution in [0.3, 0.4) is 0 Å². The summed E-state index contributed by atoms with van der Waals surface area (Å²) in [6, 6.07) is 21.6. The number of aldehydes is 1. The lowest BCUT2D eigenvalue weighted by molar-refractivity contribution is -0.107. The first-order valence-corrected chi connectivity index (χ1v) is 12.1. The van der Waals surface area contributed by atoms with E-state index in [1.807, 2.05) is 6.92 Å². The van der Waals surface area contributed by atoms with Gasteiger partial charge in [-0.25, -0.2) is 0 Å². The molecule has 1 saturated carbocycles. The van der Waals surface area contributed by atoms with E-state index in [2.05, 4.69) is 78.5 Å². The van der Waals surface area contributed by atoms with E-state index in [1.54, 1.807) is 11.1 Å². The van der Waals surface area contributed by atoms with Gasteiger partial charge in [0, 0.05) is 31.6 Å². The molecule has 0 bridgehead atoms. The van der Waals surface area contributed by atoms with E-state index in [0.29, 0.717) is 18.5 Å². The fourth-order valence-corrected chi connectivity index (χ4v) is 5.21. The first-order valence-electron chi connectivity index (χ1n) is 12.1. The molecule has 0 N–H and O–H groups in total. The highest BCUT2D eigenvalue weighted by Crippen LogP contribution is 2.38. The van der Waals surface area contributed by atoms with Crippen LogP contribution in [0.2, 0.25) is 0 Å². The second kappa shape index (κ2) is 12.2. The SMILES string of the molecule is CCC=O.CN(C)C1CCN(Cc2ccccc2C2CCCC2)C(c2ccccc2)C1. The van der Waals surface area contributed by atoms with Crippen LogP contribution in [0.25, 0.3) is 0 Å². The fourth-order valence-electron chi connectivity index (χ4n) is 5.21. The van der Waals surface area contributed by atoms with E-state index in [4.69, 9.17) is 0 Å². The molecule has 1 heterocycles. The van der Waals surface area contributed by atoms with Gasteiger partial charge in [-0.1, -0.05) is 74.4 Å². The summed E-state index contributed by atoms with van der Waals surface area (Å²) in [7, 11) is 4.47. The van der Waals surface area contributed by atoms with Gasteiger partial charge in [0.2, 0.25) is 0 Å². The molecular formula is C28H40N2O. The lowest BCUT2D eigenvalue weighted by atomic mass is 9.89. The molecule has 2 aliphatic rings. The standard InChI is InChI=1S/C25H34N2.C3H6O/c1-26(2)23-16-17-27(25(18-23)21-12-4-3-5-13-21)19-22-14-8-9-15-24(22)20-10-6-7-11-20;1-2-3-4/h3-5,8-9,12-15,20,23,25H,6-7,10-11,16-19H2,1-2H3;3H,2H2,1H3. The van der Waals surface area contributed by atoms with Crippen LogP contribution in [-0.4, -0.2) is 42.8 Å². The van der Waals surface area contributed by atoms with Crippen LogP contribution >= 0.6 is 0 Å². The first kappa shape index (κ1) is 23.7. The van der Waals surface area contributed by atoms with Crippen molar-refractivity contribution in [1.82, 2.24) is 9.80 Å². The van der Waals surface area contributed by atoms with E-state index in [9.17, 15) is 4.79 Å². The summed E-state index contributed by atoms with van der Waals surface area (Å²) in [6.07, 6.45) is 9.56. The summed E-state index contributed by atoms with van der Waals surface area (Å²) in [5, 5.41) is 0. The quantitative estimate of drug-likeness (QED) is 0.519. The van der Waals surface area contributed by atoms with Gasteiger partial charge in [-0.15, -0.1) is 0 Å². The summed E-state index contributed by atoms with van der Waals surface area (Å²) in [5.41, 5.74) is 4.66. The van der Waals surface area contributed by atoms with E-state index >= 15 is 0 Å². The zero-order valence-electron chi connectivity index (χ0n) is 19.7. The van der Waals surface area contributed by atoms with Gasteiger partial charge < -0.3 is 9.69 Å². The summed E-state index contributed by atoms with van der Waals surface area (Å²) >= 11 is 0. The van der Waals surface area contributed by atoms with Crippen molar-refractivity contribution in [3.05, 3.63) is 71.3 Å². The number of likely N-dealkylation sites (tertiary alicyclic amines) is 1. The third-order valence-electron chi connectivity index (χ3n) is 6.99. The highest BCUT2D eigenvalue weighted by Gasteiger charge is 2.31. The lowest BCUT2D eigenvalue weighted by Gasteiger charge is -2.42. The molecule has 2 fully saturated rings. The van der Waals surface area contributed by atoms with Crippen LogP contribution in [0.4, 0.5) is 0 Å². The number of hydrogen-bond donors (Lipinski definition) is 0. The van der Waals surface area contributed by atoms with Crippen molar-refractivity contribution >= 4 is 6.29 Å². The van der Waals surface area contributed by atoms with Crippen LogP contribution in [0.5, 0.6) is 0 Å². The second-order valence-electron chi connectivity index (χ2n) is 9.29. The maximum atomic E-state index is 9.17. The molecule has 4 rings (SSSR count). The highest BCUT2D eigenvalue weighted by molar-refractivity contribution is 5.48. The number of carbonyl (C=O) groups excluding carboxylic acids is 1. The number of hydrogen-bond acceptors (Lipinski definition) is 3. The van der Waals surface area contributed by atoms with Crippen LogP contribution in [0.1, 0.15) is 80.5 Å². The number of piperidine rings is 1. The van der Waals surface area contributed by atoms with Crippen LogP contribution in [0.15, 0.2) is 54.6 Å². The molecule has 1 saturated heterocycles. The van der Waals surface area contributed by atoms with E-state index in [-0.39, 0.29) is 0 Å². The molecule has 3 heteroatoms. The molecule has 3 nitrogen and oxygen atoms in total. The third-order valence-corrected chi connectivity index (χ3v) is 6.99. The summed E-state index contributed by atoms with van der Waals surface area (Å²) < 4.78 is 0. The monoisotopic (exact) mass is 420 g/mol. The molecule has 2 atom stereocenters. The van der Waals surface area contributed by atoms with Gasteiger partial charge in [-0.05, 0) is 62.4 Å². The van der Waals surface area contributed by atoms with Crippen LogP contribution in [-0.2, 0) is 11.3 Å². The summed E-state index contributed by atoms with van der Waals surface area (Å²) in [6.45, 7) is 4.08. The predicted molar refractivity (Wildman–Crippen MR) is 130 cm³/mol. The number of benzene rings is 2. The van der Waals surface area contributed by atoms with Crippen molar-refractivity contribution < 1.29 is 4.79 Å².